The number of allylic oxidation sites excluding steroid dienone is 2. The van der Waals surface area contributed by atoms with Crippen molar-refractivity contribution in [3.63, 3.8) is 0 Å². The fourth-order valence-electron chi connectivity index (χ4n) is 1.77. The van der Waals surface area contributed by atoms with Crippen LogP contribution in [0.5, 0.6) is 0 Å². The molecular formula is C11H11N3O. The van der Waals surface area contributed by atoms with Crippen molar-refractivity contribution < 1.29 is 4.42 Å². The Balaban J connectivity index is 2.05. The Morgan fingerprint density at radius 2 is 2.47 bits per heavy atom. The minimum atomic E-state index is 0.807. The summed E-state index contributed by atoms with van der Waals surface area (Å²) in [5.74, 6) is 1.75. The van der Waals surface area contributed by atoms with Crippen LogP contribution in [0, 0.1) is 0 Å². The van der Waals surface area contributed by atoms with Gasteiger partial charge in [-0.2, -0.15) is 0 Å². The second-order valence-electron chi connectivity index (χ2n) is 3.52. The highest BCUT2D eigenvalue weighted by Gasteiger charge is 2.21. The standard InChI is InChI=1S/C11H11N3O/c1-8-7-9(10-3-2-6-15-10)13-11-4-5-12-14(8)11/h2-4,6-7,12H,5H2,1H3. The second kappa shape index (κ2) is 3.10. The second-order valence-corrected chi connectivity index (χ2v) is 3.52. The topological polar surface area (TPSA) is 40.8 Å². The van der Waals surface area contributed by atoms with Crippen molar-refractivity contribution in [2.45, 2.75) is 6.92 Å². The lowest BCUT2D eigenvalue weighted by molar-refractivity contribution is 0.350. The smallest absolute Gasteiger partial charge is 0.152 e. The first-order valence-electron chi connectivity index (χ1n) is 4.89. The van der Waals surface area contributed by atoms with Gasteiger partial charge in [0, 0.05) is 12.2 Å². The van der Waals surface area contributed by atoms with Crippen molar-refractivity contribution in [2.75, 3.05) is 6.54 Å². The molecule has 2 aliphatic rings. The number of nitrogens with one attached hydrogen (secondary N) is 1. The van der Waals surface area contributed by atoms with E-state index in [0.717, 1.165) is 29.5 Å². The maximum absolute atomic E-state index is 5.33. The Labute approximate surface area is 87.6 Å². The molecule has 0 saturated heterocycles. The normalized spacial score (nSPS) is 19.5. The van der Waals surface area contributed by atoms with Gasteiger partial charge < -0.3 is 4.42 Å². The van der Waals surface area contributed by atoms with Crippen molar-refractivity contribution in [1.29, 1.82) is 0 Å². The van der Waals surface area contributed by atoms with E-state index >= 15 is 0 Å². The van der Waals surface area contributed by atoms with Crippen LogP contribution in [0.1, 0.15) is 12.7 Å². The zero-order valence-corrected chi connectivity index (χ0v) is 8.40. The highest BCUT2D eigenvalue weighted by atomic mass is 16.3. The maximum Gasteiger partial charge on any atom is 0.152 e. The van der Waals surface area contributed by atoms with Gasteiger partial charge in [0.2, 0.25) is 0 Å². The number of fused-ring (bicyclic) bond motifs is 1. The zero-order chi connectivity index (χ0) is 10.3. The lowest BCUT2D eigenvalue weighted by atomic mass is 10.2. The molecule has 1 aromatic rings. The third-order valence-electron chi connectivity index (χ3n) is 2.47. The fourth-order valence-corrected chi connectivity index (χ4v) is 1.77. The molecule has 4 nitrogen and oxygen atoms in total. The van der Waals surface area contributed by atoms with E-state index in [1.165, 1.54) is 0 Å². The van der Waals surface area contributed by atoms with Crippen molar-refractivity contribution in [2.24, 2.45) is 4.99 Å². The van der Waals surface area contributed by atoms with E-state index in [1.54, 1.807) is 6.26 Å². The van der Waals surface area contributed by atoms with Gasteiger partial charge in [0.1, 0.15) is 11.5 Å². The maximum atomic E-state index is 5.33. The van der Waals surface area contributed by atoms with E-state index in [0.29, 0.717) is 0 Å². The molecule has 1 N–H and O–H groups in total. The van der Waals surface area contributed by atoms with E-state index in [9.17, 15) is 0 Å². The van der Waals surface area contributed by atoms with Gasteiger partial charge in [-0.3, -0.25) is 5.01 Å². The predicted molar refractivity (Wildman–Crippen MR) is 56.9 cm³/mol. The molecular weight excluding hydrogens is 190 g/mol. The molecule has 4 heteroatoms. The molecule has 15 heavy (non-hydrogen) atoms. The minimum absolute atomic E-state index is 0.807. The summed E-state index contributed by atoms with van der Waals surface area (Å²) in [5.41, 5.74) is 5.21. The summed E-state index contributed by atoms with van der Waals surface area (Å²) >= 11 is 0. The summed E-state index contributed by atoms with van der Waals surface area (Å²) in [6.45, 7) is 2.87. The van der Waals surface area contributed by atoms with Crippen molar-refractivity contribution >= 4 is 5.71 Å². The van der Waals surface area contributed by atoms with Gasteiger partial charge in [0.25, 0.3) is 0 Å². The highest BCUT2D eigenvalue weighted by Crippen LogP contribution is 2.22. The highest BCUT2D eigenvalue weighted by molar-refractivity contribution is 6.08. The minimum Gasteiger partial charge on any atom is -0.463 e. The SMILES string of the molecule is CC1=CC(c2ccco2)=NC2=CCNN12. The Hall–Kier alpha value is -1.81. The van der Waals surface area contributed by atoms with Crippen molar-refractivity contribution in [3.05, 3.63) is 47.8 Å². The first-order chi connectivity index (χ1) is 7.34. The molecule has 0 aliphatic carbocycles. The van der Waals surface area contributed by atoms with Crippen LogP contribution in [0.25, 0.3) is 0 Å². The Morgan fingerprint density at radius 3 is 3.27 bits per heavy atom. The van der Waals surface area contributed by atoms with Gasteiger partial charge in [-0.05, 0) is 31.2 Å². The number of hydrogen-bond acceptors (Lipinski definition) is 4. The first-order valence-corrected chi connectivity index (χ1v) is 4.89. The molecule has 0 atom stereocenters. The molecule has 76 valence electrons. The van der Waals surface area contributed by atoms with Gasteiger partial charge in [0.05, 0.1) is 6.26 Å². The summed E-state index contributed by atoms with van der Waals surface area (Å²) < 4.78 is 5.33. The third kappa shape index (κ3) is 1.30. The molecule has 1 aromatic heterocycles. The molecule has 0 fully saturated rings. The van der Waals surface area contributed by atoms with Crippen LogP contribution >= 0.6 is 0 Å². The lowest BCUT2D eigenvalue weighted by Crippen LogP contribution is -2.32. The quantitative estimate of drug-likeness (QED) is 0.751. The molecule has 0 spiro atoms. The molecule has 2 aliphatic heterocycles. The summed E-state index contributed by atoms with van der Waals surface area (Å²) in [6, 6.07) is 3.79. The zero-order valence-electron chi connectivity index (χ0n) is 8.40. The Morgan fingerprint density at radius 1 is 1.53 bits per heavy atom. The molecule has 0 bridgehead atoms. The predicted octanol–water partition coefficient (Wildman–Crippen LogP) is 1.65. The number of nitrogens with zero attached hydrogens (tertiary/aromatic N) is 2. The van der Waals surface area contributed by atoms with Crippen LogP contribution in [0.15, 0.2) is 51.5 Å². The van der Waals surface area contributed by atoms with Gasteiger partial charge in [-0.1, -0.05) is 0 Å². The van der Waals surface area contributed by atoms with Gasteiger partial charge in [-0.15, -0.1) is 0 Å². The Bertz CT molecular complexity index is 468. The van der Waals surface area contributed by atoms with Gasteiger partial charge >= 0.3 is 0 Å². The van der Waals surface area contributed by atoms with Crippen molar-refractivity contribution in [1.82, 2.24) is 10.4 Å². The van der Waals surface area contributed by atoms with E-state index in [1.807, 2.05) is 30.1 Å². The van der Waals surface area contributed by atoms with Crippen LogP contribution < -0.4 is 5.43 Å². The van der Waals surface area contributed by atoms with Gasteiger partial charge in [-0.25, -0.2) is 10.4 Å². The van der Waals surface area contributed by atoms with Crippen LogP contribution in [0.2, 0.25) is 0 Å². The molecule has 0 radical (unpaired) electrons. The average Bonchev–Trinajstić information content (AvgIpc) is 2.88. The van der Waals surface area contributed by atoms with E-state index in [4.69, 9.17) is 4.42 Å². The number of furan rings is 1. The van der Waals surface area contributed by atoms with Crippen molar-refractivity contribution in [3.8, 4) is 0 Å². The van der Waals surface area contributed by atoms with Crippen LogP contribution in [0.4, 0.5) is 0 Å². The number of hydrazine groups is 1. The fraction of sp³-hybridized carbons (Fsp3) is 0.182. The molecule has 3 heterocycles. The molecule has 0 amide bonds. The summed E-state index contributed by atoms with van der Waals surface area (Å²) in [7, 11) is 0. The number of hydrogen-bond donors (Lipinski definition) is 1. The summed E-state index contributed by atoms with van der Waals surface area (Å²) in [4.78, 5) is 4.51. The lowest BCUT2D eigenvalue weighted by Gasteiger charge is -2.24. The van der Waals surface area contributed by atoms with Crippen LogP contribution in [0.3, 0.4) is 0 Å². The number of aliphatic imine (C=N–C) groups is 1. The molecule has 3 rings (SSSR count). The summed E-state index contributed by atoms with van der Waals surface area (Å²) in [6.07, 6.45) is 5.72. The largest absolute Gasteiger partial charge is 0.463 e. The van der Waals surface area contributed by atoms with Gasteiger partial charge in [0.15, 0.2) is 5.76 Å². The van der Waals surface area contributed by atoms with E-state index in [-0.39, 0.29) is 0 Å². The third-order valence-corrected chi connectivity index (χ3v) is 2.47. The van der Waals surface area contributed by atoms with Crippen LogP contribution in [-0.4, -0.2) is 17.3 Å². The van der Waals surface area contributed by atoms with Crippen LogP contribution in [-0.2, 0) is 0 Å². The molecule has 0 aromatic carbocycles. The Kier molecular flexibility index (Phi) is 1.76. The van der Waals surface area contributed by atoms with E-state index in [2.05, 4.69) is 16.5 Å². The average molecular weight is 201 g/mol. The first kappa shape index (κ1) is 8.49. The molecule has 0 saturated carbocycles. The summed E-state index contributed by atoms with van der Waals surface area (Å²) in [5, 5.41) is 1.98. The monoisotopic (exact) mass is 201 g/mol. The number of rotatable bonds is 1. The van der Waals surface area contributed by atoms with E-state index < -0.39 is 0 Å². The molecule has 0 unspecified atom stereocenters.